The third-order valence-corrected chi connectivity index (χ3v) is 7.78. The Morgan fingerprint density at radius 2 is 1.73 bits per heavy atom. The van der Waals surface area contributed by atoms with Crippen molar-refractivity contribution in [3.05, 3.63) is 104 Å². The molecule has 3 aromatic rings. The Labute approximate surface area is 224 Å². The van der Waals surface area contributed by atoms with Crippen molar-refractivity contribution in [3.63, 3.8) is 0 Å². The summed E-state index contributed by atoms with van der Waals surface area (Å²) in [5, 5.41) is 2.89. The first kappa shape index (κ1) is 25.0. The minimum atomic E-state index is -0.355. The lowest BCUT2D eigenvalue weighted by Crippen LogP contribution is -2.50. The van der Waals surface area contributed by atoms with E-state index in [0.717, 1.165) is 23.4 Å². The Balaban J connectivity index is 1.45. The number of fused-ring (bicyclic) bond motifs is 4. The molecule has 2 unspecified atom stereocenters. The zero-order valence-corrected chi connectivity index (χ0v) is 22.4. The number of rotatable bonds is 5. The van der Waals surface area contributed by atoms with Gasteiger partial charge in [-0.1, -0.05) is 30.3 Å². The molecule has 2 aromatic carbocycles. The van der Waals surface area contributed by atoms with Crippen molar-refractivity contribution < 1.29 is 9.59 Å². The van der Waals surface area contributed by atoms with E-state index in [9.17, 15) is 14.4 Å². The number of hydrogen-bond acceptors (Lipinski definition) is 4. The number of piperidine rings is 1. The summed E-state index contributed by atoms with van der Waals surface area (Å²) in [6.45, 7) is 1.64. The topological polar surface area (TPSA) is 74.7 Å². The van der Waals surface area contributed by atoms with Gasteiger partial charge in [-0.15, -0.1) is 0 Å². The minimum absolute atomic E-state index is 0.00874. The van der Waals surface area contributed by atoms with E-state index in [2.05, 4.69) is 21.2 Å². The van der Waals surface area contributed by atoms with Crippen LogP contribution in [0.5, 0.6) is 0 Å². The van der Waals surface area contributed by atoms with Gasteiger partial charge < -0.3 is 19.7 Å². The molecule has 3 heterocycles. The highest BCUT2D eigenvalue weighted by Crippen LogP contribution is 2.35. The molecular weight excluding hydrogens is 532 g/mol. The molecule has 0 radical (unpaired) electrons. The van der Waals surface area contributed by atoms with Gasteiger partial charge in [0.1, 0.15) is 5.70 Å². The second-order valence-electron chi connectivity index (χ2n) is 9.89. The number of pyridine rings is 1. The average molecular weight is 561 g/mol. The van der Waals surface area contributed by atoms with Gasteiger partial charge in [0.25, 0.3) is 17.4 Å². The number of amides is 2. The lowest BCUT2D eigenvalue weighted by atomic mass is 9.83. The van der Waals surface area contributed by atoms with E-state index in [-0.39, 0.29) is 34.9 Å². The fourth-order valence-corrected chi connectivity index (χ4v) is 5.72. The number of benzene rings is 2. The summed E-state index contributed by atoms with van der Waals surface area (Å²) >= 11 is 3.43. The van der Waals surface area contributed by atoms with Crippen LogP contribution >= 0.6 is 15.9 Å². The Hall–Kier alpha value is -3.65. The molecule has 2 amide bonds. The SMILES string of the molecule is CN(C)c1ccc(C=C(NC(=O)c2ccccc2Br)C(=O)N2CC3CC(C2)c2cccc(=O)n2C3)cc1. The van der Waals surface area contributed by atoms with Crippen LogP contribution in [0.25, 0.3) is 6.08 Å². The molecule has 2 aliphatic rings. The number of hydrogen-bond donors (Lipinski definition) is 1. The molecule has 1 fully saturated rings. The number of likely N-dealkylation sites (tertiary alicyclic amines) is 1. The van der Waals surface area contributed by atoms with Crippen LogP contribution < -0.4 is 15.8 Å². The number of aromatic nitrogens is 1. The van der Waals surface area contributed by atoms with Gasteiger partial charge in [-0.25, -0.2) is 0 Å². The molecular formula is C29H29BrN4O3. The molecule has 8 heteroatoms. The molecule has 190 valence electrons. The van der Waals surface area contributed by atoms with Gasteiger partial charge in [0.15, 0.2) is 0 Å². The van der Waals surface area contributed by atoms with Crippen LogP contribution in [0.4, 0.5) is 5.69 Å². The number of carbonyl (C=O) groups is 2. The van der Waals surface area contributed by atoms with Crippen LogP contribution in [0.15, 0.2) is 81.7 Å². The normalized spacial score (nSPS) is 18.7. The van der Waals surface area contributed by atoms with Crippen LogP contribution in [0.2, 0.25) is 0 Å². The van der Waals surface area contributed by atoms with Crippen molar-refractivity contribution in [2.24, 2.45) is 5.92 Å². The molecule has 1 aromatic heterocycles. The highest BCUT2D eigenvalue weighted by molar-refractivity contribution is 9.10. The minimum Gasteiger partial charge on any atom is -0.378 e. The van der Waals surface area contributed by atoms with E-state index in [4.69, 9.17) is 0 Å². The summed E-state index contributed by atoms with van der Waals surface area (Å²) in [4.78, 5) is 43.3. The van der Waals surface area contributed by atoms with E-state index in [1.54, 1.807) is 36.4 Å². The quantitative estimate of drug-likeness (QED) is 0.477. The summed E-state index contributed by atoms with van der Waals surface area (Å²) in [5.41, 5.74) is 3.52. The second kappa shape index (κ2) is 10.4. The van der Waals surface area contributed by atoms with Crippen molar-refractivity contribution in [2.75, 3.05) is 32.1 Å². The van der Waals surface area contributed by atoms with E-state index in [1.165, 1.54) is 0 Å². The van der Waals surface area contributed by atoms with Crippen molar-refractivity contribution in [3.8, 4) is 0 Å². The predicted octanol–water partition coefficient (Wildman–Crippen LogP) is 4.09. The smallest absolute Gasteiger partial charge is 0.270 e. The van der Waals surface area contributed by atoms with Crippen molar-refractivity contribution in [1.29, 1.82) is 0 Å². The maximum Gasteiger partial charge on any atom is 0.270 e. The monoisotopic (exact) mass is 560 g/mol. The Morgan fingerprint density at radius 1 is 0.973 bits per heavy atom. The zero-order valence-electron chi connectivity index (χ0n) is 20.9. The van der Waals surface area contributed by atoms with Crippen molar-refractivity contribution >= 4 is 39.5 Å². The van der Waals surface area contributed by atoms with Gasteiger partial charge in [-0.05, 0) is 70.2 Å². The molecule has 0 aliphatic carbocycles. The number of halogens is 1. The van der Waals surface area contributed by atoms with E-state index >= 15 is 0 Å². The number of nitrogens with one attached hydrogen (secondary N) is 1. The van der Waals surface area contributed by atoms with E-state index < -0.39 is 0 Å². The molecule has 0 spiro atoms. The largest absolute Gasteiger partial charge is 0.378 e. The zero-order chi connectivity index (χ0) is 26.1. The highest BCUT2D eigenvalue weighted by atomic mass is 79.9. The lowest BCUT2D eigenvalue weighted by Gasteiger charge is -2.43. The molecule has 5 rings (SSSR count). The van der Waals surface area contributed by atoms with Crippen LogP contribution in [-0.2, 0) is 11.3 Å². The molecule has 2 atom stereocenters. The standard InChI is InChI=1S/C29H29BrN4O3/c1-32(2)22-12-10-19(11-13-22)15-25(31-28(36)23-6-3-4-7-24(23)30)29(37)33-16-20-14-21(18-33)26-8-5-9-27(35)34(26)17-20/h3-13,15,20-21H,14,16-18H2,1-2H3,(H,31,36). The summed E-state index contributed by atoms with van der Waals surface area (Å²) in [6.07, 6.45) is 2.68. The van der Waals surface area contributed by atoms with Crippen LogP contribution in [-0.4, -0.2) is 48.5 Å². The maximum atomic E-state index is 13.9. The maximum absolute atomic E-state index is 13.9. The Kier molecular flexibility index (Phi) is 7.02. The average Bonchev–Trinajstić information content (AvgIpc) is 2.89. The van der Waals surface area contributed by atoms with Gasteiger partial charge >= 0.3 is 0 Å². The third-order valence-electron chi connectivity index (χ3n) is 7.08. The molecule has 1 saturated heterocycles. The molecule has 0 saturated carbocycles. The second-order valence-corrected chi connectivity index (χ2v) is 10.7. The first-order chi connectivity index (χ1) is 17.8. The predicted molar refractivity (Wildman–Crippen MR) is 148 cm³/mol. The van der Waals surface area contributed by atoms with Gasteiger partial charge in [0.2, 0.25) is 0 Å². The molecule has 7 nitrogen and oxygen atoms in total. The third kappa shape index (κ3) is 5.25. The summed E-state index contributed by atoms with van der Waals surface area (Å²) < 4.78 is 2.50. The van der Waals surface area contributed by atoms with E-state index in [0.29, 0.717) is 29.7 Å². The van der Waals surface area contributed by atoms with Gasteiger partial charge in [0.05, 0.1) is 5.56 Å². The first-order valence-corrected chi connectivity index (χ1v) is 13.1. The molecule has 37 heavy (non-hydrogen) atoms. The Bertz CT molecular complexity index is 1430. The van der Waals surface area contributed by atoms with Crippen molar-refractivity contribution in [2.45, 2.75) is 18.9 Å². The summed E-state index contributed by atoms with van der Waals surface area (Å²) in [7, 11) is 3.94. The van der Waals surface area contributed by atoms with Crippen LogP contribution in [0, 0.1) is 5.92 Å². The van der Waals surface area contributed by atoms with Crippen LogP contribution in [0.3, 0.4) is 0 Å². The number of carbonyl (C=O) groups excluding carboxylic acids is 2. The Morgan fingerprint density at radius 3 is 2.46 bits per heavy atom. The molecule has 2 bridgehead atoms. The number of nitrogens with zero attached hydrogens (tertiary/aromatic N) is 3. The van der Waals surface area contributed by atoms with Crippen molar-refractivity contribution in [1.82, 2.24) is 14.8 Å². The summed E-state index contributed by atoms with van der Waals surface area (Å²) in [6, 6.07) is 20.3. The van der Waals surface area contributed by atoms with Gasteiger partial charge in [0, 0.05) is 61.6 Å². The highest BCUT2D eigenvalue weighted by Gasteiger charge is 2.37. The van der Waals surface area contributed by atoms with Crippen LogP contribution in [0.1, 0.15) is 34.0 Å². The van der Waals surface area contributed by atoms with E-state index in [1.807, 2.05) is 64.9 Å². The lowest BCUT2D eigenvalue weighted by molar-refractivity contribution is -0.130. The summed E-state index contributed by atoms with van der Waals surface area (Å²) in [5.74, 6) is -0.301. The first-order valence-electron chi connectivity index (χ1n) is 12.3. The molecule has 1 N–H and O–H groups in total. The fourth-order valence-electron chi connectivity index (χ4n) is 5.25. The van der Waals surface area contributed by atoms with Gasteiger partial charge in [-0.2, -0.15) is 0 Å². The number of anilines is 1. The molecule has 2 aliphatic heterocycles. The fraction of sp³-hybridized carbons (Fsp3) is 0.276. The van der Waals surface area contributed by atoms with Gasteiger partial charge in [-0.3, -0.25) is 14.4 Å².